The summed E-state index contributed by atoms with van der Waals surface area (Å²) in [7, 11) is 0. The fraction of sp³-hybridized carbons (Fsp3) is 0.417. The number of hydrogen-bond donors (Lipinski definition) is 7. The summed E-state index contributed by atoms with van der Waals surface area (Å²) in [5, 5.41) is 17.1. The number of aryl methyl sites for hydroxylation is 2. The van der Waals surface area contributed by atoms with Crippen molar-refractivity contribution < 1.29 is 29.0 Å². The zero-order valence-corrected chi connectivity index (χ0v) is 30.5. The van der Waals surface area contributed by atoms with Gasteiger partial charge >= 0.3 is 12.1 Å². The number of benzene rings is 2. The van der Waals surface area contributed by atoms with Crippen LogP contribution in [0, 0.1) is 0 Å². The Kier molecular flexibility index (Phi) is 15.6. The van der Waals surface area contributed by atoms with Crippen molar-refractivity contribution in [1.82, 2.24) is 25.9 Å². The molecule has 0 saturated carbocycles. The Bertz CT molecular complexity index is 1710. The third-order valence-electron chi connectivity index (χ3n) is 7.62. The van der Waals surface area contributed by atoms with Crippen LogP contribution >= 0.6 is 11.6 Å². The Balaban J connectivity index is 1.35. The van der Waals surface area contributed by atoms with Gasteiger partial charge in [-0.3, -0.25) is 19.9 Å². The number of rotatable bonds is 17. The number of ether oxygens (including phenoxy) is 1. The number of aliphatic carboxylic acids is 1. The van der Waals surface area contributed by atoms with Gasteiger partial charge in [0.2, 0.25) is 5.91 Å². The fourth-order valence-electron chi connectivity index (χ4n) is 4.95. The summed E-state index contributed by atoms with van der Waals surface area (Å²) in [5.41, 5.74) is 20.5. The van der Waals surface area contributed by atoms with E-state index in [9.17, 15) is 24.3 Å². The highest BCUT2D eigenvalue weighted by atomic mass is 35.5. The molecule has 280 valence electrons. The molecule has 0 aliphatic heterocycles. The molecule has 0 fully saturated rings. The summed E-state index contributed by atoms with van der Waals surface area (Å²) in [6.07, 6.45) is 3.89. The van der Waals surface area contributed by atoms with Gasteiger partial charge in [0.1, 0.15) is 11.6 Å². The molecule has 0 radical (unpaired) electrons. The summed E-state index contributed by atoms with van der Waals surface area (Å²) in [6.45, 7) is 6.09. The van der Waals surface area contributed by atoms with E-state index < -0.39 is 29.6 Å². The Morgan fingerprint density at radius 2 is 1.50 bits per heavy atom. The molecule has 3 amide bonds. The third-order valence-corrected chi connectivity index (χ3v) is 7.90. The van der Waals surface area contributed by atoms with Crippen molar-refractivity contribution in [2.75, 3.05) is 24.6 Å². The zero-order chi connectivity index (χ0) is 38.3. The fourth-order valence-corrected chi connectivity index (χ4v) is 5.08. The van der Waals surface area contributed by atoms with Gasteiger partial charge in [-0.15, -0.1) is 0 Å². The van der Waals surface area contributed by atoms with E-state index in [4.69, 9.17) is 33.5 Å². The van der Waals surface area contributed by atoms with E-state index in [1.807, 2.05) is 24.3 Å². The molecule has 16 heteroatoms. The number of aromatic nitrogens is 2. The van der Waals surface area contributed by atoms with Crippen LogP contribution in [0.3, 0.4) is 0 Å². The first-order valence-electron chi connectivity index (χ1n) is 17.0. The summed E-state index contributed by atoms with van der Waals surface area (Å²) in [5.74, 6) is -2.43. The van der Waals surface area contributed by atoms with E-state index in [1.165, 1.54) is 5.56 Å². The third kappa shape index (κ3) is 14.4. The van der Waals surface area contributed by atoms with Crippen LogP contribution in [0.4, 0.5) is 16.4 Å². The van der Waals surface area contributed by atoms with Gasteiger partial charge in [0, 0.05) is 19.5 Å². The zero-order valence-electron chi connectivity index (χ0n) is 29.7. The van der Waals surface area contributed by atoms with Gasteiger partial charge in [-0.05, 0) is 88.0 Å². The maximum Gasteiger partial charge on any atom is 0.407 e. The van der Waals surface area contributed by atoms with Crippen molar-refractivity contribution in [1.29, 1.82) is 0 Å². The maximum absolute atomic E-state index is 12.5. The molecule has 0 aliphatic carbocycles. The smallest absolute Gasteiger partial charge is 0.407 e. The van der Waals surface area contributed by atoms with E-state index in [2.05, 4.69) is 55.2 Å². The van der Waals surface area contributed by atoms with Crippen LogP contribution in [0.15, 0.2) is 53.5 Å². The van der Waals surface area contributed by atoms with E-state index in [0.717, 1.165) is 36.0 Å². The summed E-state index contributed by atoms with van der Waals surface area (Å²) >= 11 is 5.82. The van der Waals surface area contributed by atoms with E-state index in [-0.39, 0.29) is 47.2 Å². The summed E-state index contributed by atoms with van der Waals surface area (Å²) < 4.78 is 5.17. The highest BCUT2D eigenvalue weighted by Gasteiger charge is 2.20. The number of hydrogen-bond acceptors (Lipinski definition) is 10. The van der Waals surface area contributed by atoms with Crippen LogP contribution in [0.2, 0.25) is 5.15 Å². The molecule has 0 bridgehead atoms. The van der Waals surface area contributed by atoms with Crippen LogP contribution < -0.4 is 33.2 Å². The van der Waals surface area contributed by atoms with E-state index in [0.29, 0.717) is 32.4 Å². The van der Waals surface area contributed by atoms with Gasteiger partial charge in [0.25, 0.3) is 5.91 Å². The van der Waals surface area contributed by atoms with Crippen molar-refractivity contribution >= 4 is 53.1 Å². The van der Waals surface area contributed by atoms with E-state index in [1.54, 1.807) is 20.8 Å². The van der Waals surface area contributed by atoms with Gasteiger partial charge in [-0.25, -0.2) is 19.6 Å². The predicted octanol–water partition coefficient (Wildman–Crippen LogP) is 4.23. The second kappa shape index (κ2) is 19.8. The molecule has 52 heavy (non-hydrogen) atoms. The number of carbonyl (C=O) groups is 4. The molecule has 1 heterocycles. The number of carboxylic acids is 1. The predicted molar refractivity (Wildman–Crippen MR) is 201 cm³/mol. The number of nitrogens with zero attached hydrogens (tertiary/aromatic N) is 3. The van der Waals surface area contributed by atoms with E-state index >= 15 is 0 Å². The SMILES string of the molecule is CC(C)(C)OC(=O)NCCCC[C@H](NC(=O)CCc1ccc(-c2ccc(CCCCN=C(N)NC(=O)c3nc(Cl)c(N)nc3N)cc2)cc1)C(=O)O. The number of alkyl carbamates (subject to hydrolysis) is 1. The Hall–Kier alpha value is -5.44. The van der Waals surface area contributed by atoms with Crippen molar-refractivity contribution in [2.45, 2.75) is 83.8 Å². The Morgan fingerprint density at radius 3 is 2.10 bits per heavy atom. The molecule has 10 N–H and O–H groups in total. The number of nitrogens with two attached hydrogens (primary N) is 3. The van der Waals surface area contributed by atoms with Crippen molar-refractivity contribution in [2.24, 2.45) is 10.7 Å². The number of unbranched alkanes of at least 4 members (excludes halogenated alkanes) is 2. The average Bonchev–Trinajstić information content (AvgIpc) is 3.07. The summed E-state index contributed by atoms with van der Waals surface area (Å²) in [6, 6.07) is 15.2. The standard InChI is InChI=1S/C36H48ClN9O6/c1-36(2,3)52-35(51)42-21-7-5-9-26(33(49)50)43-27(47)19-14-23-12-17-25(18-13-23)24-15-10-22(11-16-24)8-4-6-20-41-34(40)46-32(48)28-30(38)45-31(39)29(37)44-28/h10-13,15-18,26H,4-9,14,19-21H2,1-3H3,(H,42,51)(H,43,47)(H,49,50)(H4,38,39,45)(H3,40,41,46,48)/t26-/m0/s1. The van der Waals surface area contributed by atoms with Crippen LogP contribution in [0.1, 0.15) is 80.9 Å². The second-order valence-corrected chi connectivity index (χ2v) is 13.4. The first-order valence-corrected chi connectivity index (χ1v) is 17.4. The van der Waals surface area contributed by atoms with Crippen LogP contribution in [0.5, 0.6) is 0 Å². The topological polar surface area (TPSA) is 250 Å². The molecule has 1 atom stereocenters. The first-order chi connectivity index (χ1) is 24.6. The van der Waals surface area contributed by atoms with Crippen molar-refractivity contribution in [3.8, 4) is 11.1 Å². The molecule has 0 aliphatic rings. The molecule has 15 nitrogen and oxygen atoms in total. The van der Waals surface area contributed by atoms with Gasteiger partial charge in [-0.1, -0.05) is 60.1 Å². The van der Waals surface area contributed by atoms with Gasteiger partial charge in [0.15, 0.2) is 28.4 Å². The number of nitrogen functional groups attached to an aromatic ring is 2. The van der Waals surface area contributed by atoms with Gasteiger partial charge < -0.3 is 37.7 Å². The number of halogens is 1. The number of aliphatic imine (C=N–C) groups is 1. The number of carboxylic acid groups (broad SMARTS) is 1. The Labute approximate surface area is 308 Å². The lowest BCUT2D eigenvalue weighted by Gasteiger charge is -2.19. The lowest BCUT2D eigenvalue weighted by Crippen LogP contribution is -2.41. The highest BCUT2D eigenvalue weighted by molar-refractivity contribution is 6.31. The molecule has 3 rings (SSSR count). The van der Waals surface area contributed by atoms with Gasteiger partial charge in [0.05, 0.1) is 0 Å². The molecule has 0 saturated heterocycles. The number of carbonyl (C=O) groups excluding carboxylic acids is 3. The van der Waals surface area contributed by atoms with Crippen LogP contribution in [-0.2, 0) is 27.2 Å². The number of anilines is 2. The first kappa shape index (κ1) is 41.0. The highest BCUT2D eigenvalue weighted by Crippen LogP contribution is 2.22. The molecular formula is C36H48ClN9O6. The molecular weight excluding hydrogens is 690 g/mol. The van der Waals surface area contributed by atoms with Crippen molar-refractivity contribution in [3.63, 3.8) is 0 Å². The average molecular weight is 738 g/mol. The van der Waals surface area contributed by atoms with Crippen molar-refractivity contribution in [3.05, 3.63) is 70.5 Å². The van der Waals surface area contributed by atoms with Crippen LogP contribution in [0.25, 0.3) is 11.1 Å². The quantitative estimate of drug-likeness (QED) is 0.0587. The minimum absolute atomic E-state index is 0.0701. The molecule has 3 aromatic rings. The molecule has 0 spiro atoms. The normalized spacial score (nSPS) is 12.1. The lowest BCUT2D eigenvalue weighted by molar-refractivity contribution is -0.142. The Morgan fingerprint density at radius 1 is 0.885 bits per heavy atom. The largest absolute Gasteiger partial charge is 0.480 e. The minimum atomic E-state index is -1.09. The number of guanidine groups is 1. The maximum atomic E-state index is 12.5. The molecule has 1 aromatic heterocycles. The monoisotopic (exact) mass is 737 g/mol. The second-order valence-electron chi connectivity index (χ2n) is 13.1. The number of nitrogens with one attached hydrogen (secondary N) is 3. The number of amides is 3. The van der Waals surface area contributed by atoms with Crippen LogP contribution in [-0.4, -0.2) is 69.6 Å². The van der Waals surface area contributed by atoms with Gasteiger partial charge in [-0.2, -0.15) is 0 Å². The minimum Gasteiger partial charge on any atom is -0.480 e. The lowest BCUT2D eigenvalue weighted by atomic mass is 9.99. The molecule has 0 unspecified atom stereocenters. The summed E-state index contributed by atoms with van der Waals surface area (Å²) in [4.78, 5) is 60.1. The molecule has 2 aromatic carbocycles.